The van der Waals surface area contributed by atoms with E-state index in [1.54, 1.807) is 30.5 Å². The second-order valence-electron chi connectivity index (χ2n) is 10.1. The Morgan fingerprint density at radius 1 is 1.05 bits per heavy atom. The van der Waals surface area contributed by atoms with Crippen molar-refractivity contribution in [2.75, 3.05) is 11.1 Å². The minimum absolute atomic E-state index is 0.192. The Kier molecular flexibility index (Phi) is 5.07. The summed E-state index contributed by atoms with van der Waals surface area (Å²) in [6.45, 7) is 0. The molecule has 2 aliphatic rings. The number of rotatable bonds is 4. The van der Waals surface area contributed by atoms with Gasteiger partial charge in [-0.2, -0.15) is 13.2 Å². The van der Waals surface area contributed by atoms with Crippen molar-refractivity contribution >= 4 is 23.1 Å². The van der Waals surface area contributed by atoms with Gasteiger partial charge in [-0.15, -0.1) is 0 Å². The van der Waals surface area contributed by atoms with Gasteiger partial charge in [-0.05, 0) is 50.3 Å². The van der Waals surface area contributed by atoms with E-state index in [2.05, 4.69) is 15.3 Å². The molecule has 6 rings (SSSR count). The van der Waals surface area contributed by atoms with Gasteiger partial charge in [-0.3, -0.25) is 9.20 Å². The molecular formula is C26H24F3N7O. The van der Waals surface area contributed by atoms with Crippen molar-refractivity contribution in [1.29, 1.82) is 0 Å². The van der Waals surface area contributed by atoms with Crippen LogP contribution < -0.4 is 16.8 Å². The molecule has 0 aliphatic heterocycles. The highest BCUT2D eigenvalue weighted by Crippen LogP contribution is 2.56. The molecule has 2 aliphatic carbocycles. The van der Waals surface area contributed by atoms with Crippen molar-refractivity contribution < 1.29 is 18.0 Å². The van der Waals surface area contributed by atoms with Crippen LogP contribution in [0.5, 0.6) is 0 Å². The fourth-order valence-corrected chi connectivity index (χ4v) is 5.93. The van der Waals surface area contributed by atoms with E-state index in [0.717, 1.165) is 56.3 Å². The van der Waals surface area contributed by atoms with Gasteiger partial charge in [0.1, 0.15) is 28.7 Å². The number of nitrogen functional groups attached to an aromatic ring is 1. The largest absolute Gasteiger partial charge is 0.416 e. The third-order valence-corrected chi connectivity index (χ3v) is 7.71. The second-order valence-corrected chi connectivity index (χ2v) is 10.1. The van der Waals surface area contributed by atoms with Gasteiger partial charge in [0.05, 0.1) is 5.56 Å². The molecule has 190 valence electrons. The highest BCUT2D eigenvalue weighted by atomic mass is 19.4. The second kappa shape index (κ2) is 8.01. The van der Waals surface area contributed by atoms with Crippen LogP contribution in [0.4, 0.5) is 24.8 Å². The van der Waals surface area contributed by atoms with Crippen molar-refractivity contribution in [1.82, 2.24) is 19.4 Å². The fraction of sp³-hybridized carbons (Fsp3) is 0.308. The Balaban J connectivity index is 1.44. The highest BCUT2D eigenvalue weighted by molar-refractivity contribution is 6.09. The molecule has 5 N–H and O–H groups in total. The smallest absolute Gasteiger partial charge is 0.382 e. The average molecular weight is 508 g/mol. The fourth-order valence-electron chi connectivity index (χ4n) is 5.93. The number of hydrogen-bond acceptors (Lipinski definition) is 6. The summed E-state index contributed by atoms with van der Waals surface area (Å²) in [6, 6.07) is 8.41. The predicted molar refractivity (Wildman–Crippen MR) is 132 cm³/mol. The maximum absolute atomic E-state index is 13.3. The topological polar surface area (TPSA) is 124 Å². The molecular weight excluding hydrogens is 483 g/mol. The van der Waals surface area contributed by atoms with Crippen molar-refractivity contribution in [2.24, 2.45) is 5.73 Å². The van der Waals surface area contributed by atoms with Crippen LogP contribution in [0, 0.1) is 0 Å². The molecule has 4 aromatic rings. The number of alkyl halides is 3. The predicted octanol–water partition coefficient (Wildman–Crippen LogP) is 4.56. The summed E-state index contributed by atoms with van der Waals surface area (Å²) in [5, 5.41) is 2.49. The number of aromatic nitrogens is 4. The molecule has 1 amide bonds. The number of anilines is 2. The van der Waals surface area contributed by atoms with Gasteiger partial charge in [-0.1, -0.05) is 18.2 Å². The maximum Gasteiger partial charge on any atom is 0.416 e. The number of halogens is 3. The van der Waals surface area contributed by atoms with E-state index in [9.17, 15) is 18.0 Å². The van der Waals surface area contributed by atoms with Crippen LogP contribution in [0.3, 0.4) is 0 Å². The molecule has 2 bridgehead atoms. The minimum Gasteiger partial charge on any atom is -0.382 e. The molecule has 11 heteroatoms. The summed E-state index contributed by atoms with van der Waals surface area (Å²) in [5.74, 6) is 0.276. The molecule has 0 radical (unpaired) electrons. The van der Waals surface area contributed by atoms with Gasteiger partial charge in [-0.25, -0.2) is 15.0 Å². The Morgan fingerprint density at radius 3 is 2.51 bits per heavy atom. The van der Waals surface area contributed by atoms with E-state index in [-0.39, 0.29) is 28.2 Å². The number of fused-ring (bicyclic) bond motifs is 3. The molecule has 8 nitrogen and oxygen atoms in total. The van der Waals surface area contributed by atoms with Crippen LogP contribution in [0.1, 0.15) is 53.8 Å². The van der Waals surface area contributed by atoms with E-state index in [1.165, 1.54) is 0 Å². The van der Waals surface area contributed by atoms with Crippen LogP contribution in [-0.2, 0) is 11.6 Å². The lowest BCUT2D eigenvalue weighted by Gasteiger charge is -2.25. The number of nitrogens with two attached hydrogens (primary N) is 2. The summed E-state index contributed by atoms with van der Waals surface area (Å²) in [6.07, 6.45) is 4.36. The van der Waals surface area contributed by atoms with Crippen molar-refractivity contribution in [3.8, 4) is 11.3 Å². The van der Waals surface area contributed by atoms with E-state index in [1.807, 2.05) is 10.6 Å². The van der Waals surface area contributed by atoms with Crippen LogP contribution in [0.15, 0.2) is 55.0 Å². The first-order valence-corrected chi connectivity index (χ1v) is 11.9. The maximum atomic E-state index is 13.3. The molecule has 2 saturated carbocycles. The Hall–Kier alpha value is -3.99. The van der Waals surface area contributed by atoms with E-state index < -0.39 is 17.6 Å². The zero-order chi connectivity index (χ0) is 26.0. The first-order chi connectivity index (χ1) is 17.6. The highest BCUT2D eigenvalue weighted by Gasteiger charge is 2.55. The number of pyridine rings is 1. The number of hydrogen-bond donors (Lipinski definition) is 3. The SMILES string of the molecule is Nc1nccn2c(C34CCC(N)(CC3)C4)nc(-c3ccccc3C(=O)Nc3cc(C(F)(F)F)ccn3)c12. The van der Waals surface area contributed by atoms with Crippen LogP contribution >= 0.6 is 0 Å². The lowest BCUT2D eigenvalue weighted by Crippen LogP contribution is -2.33. The summed E-state index contributed by atoms with van der Waals surface area (Å²) in [7, 11) is 0. The van der Waals surface area contributed by atoms with Crippen LogP contribution in [-0.4, -0.2) is 30.8 Å². The zero-order valence-corrected chi connectivity index (χ0v) is 19.7. The summed E-state index contributed by atoms with van der Waals surface area (Å²) >= 11 is 0. The van der Waals surface area contributed by atoms with Gasteiger partial charge < -0.3 is 16.8 Å². The third kappa shape index (κ3) is 3.81. The molecule has 1 aromatic carbocycles. The molecule has 0 spiro atoms. The Labute approximate surface area is 209 Å². The number of nitrogens with zero attached hydrogens (tertiary/aromatic N) is 4. The van der Waals surface area contributed by atoms with Crippen LogP contribution in [0.2, 0.25) is 0 Å². The van der Waals surface area contributed by atoms with E-state index in [4.69, 9.17) is 16.5 Å². The summed E-state index contributed by atoms with van der Waals surface area (Å²) < 4.78 is 41.4. The van der Waals surface area contributed by atoms with Gasteiger partial charge in [0.2, 0.25) is 0 Å². The summed E-state index contributed by atoms with van der Waals surface area (Å²) in [4.78, 5) is 26.5. The molecule has 0 saturated heterocycles. The van der Waals surface area contributed by atoms with Gasteiger partial charge in [0.15, 0.2) is 0 Å². The number of imidazole rings is 1. The average Bonchev–Trinajstić information content (AvgIpc) is 3.53. The molecule has 2 fully saturated rings. The van der Waals surface area contributed by atoms with Crippen LogP contribution in [0.25, 0.3) is 16.8 Å². The van der Waals surface area contributed by atoms with Gasteiger partial charge in [0, 0.05) is 40.7 Å². The quantitative estimate of drug-likeness (QED) is 0.372. The third-order valence-electron chi connectivity index (χ3n) is 7.71. The Bertz CT molecular complexity index is 1540. The number of carbonyl (C=O) groups excluding carboxylic acids is 1. The molecule has 37 heavy (non-hydrogen) atoms. The van der Waals surface area contributed by atoms with Crippen molar-refractivity contribution in [2.45, 2.75) is 49.2 Å². The van der Waals surface area contributed by atoms with E-state index in [0.29, 0.717) is 16.8 Å². The Morgan fingerprint density at radius 2 is 1.81 bits per heavy atom. The number of nitrogens with one attached hydrogen (secondary N) is 1. The summed E-state index contributed by atoms with van der Waals surface area (Å²) in [5.41, 5.74) is 13.4. The minimum atomic E-state index is -4.56. The number of carbonyl (C=O) groups is 1. The monoisotopic (exact) mass is 507 g/mol. The van der Waals surface area contributed by atoms with Crippen molar-refractivity contribution in [3.63, 3.8) is 0 Å². The van der Waals surface area contributed by atoms with Crippen molar-refractivity contribution in [3.05, 3.63) is 71.9 Å². The lowest BCUT2D eigenvalue weighted by molar-refractivity contribution is -0.137. The van der Waals surface area contributed by atoms with Gasteiger partial charge >= 0.3 is 6.18 Å². The van der Waals surface area contributed by atoms with Gasteiger partial charge in [0.25, 0.3) is 5.91 Å². The van der Waals surface area contributed by atoms with E-state index >= 15 is 0 Å². The first-order valence-electron chi connectivity index (χ1n) is 11.9. The number of benzene rings is 1. The lowest BCUT2D eigenvalue weighted by atomic mass is 9.83. The normalized spacial score (nSPS) is 23.0. The standard InChI is InChI=1S/C26H24F3N7O/c27-26(28,29)15-5-10-32-18(13-15)34-22(37)17-4-2-1-3-16(17)19-20-21(30)33-11-12-36(20)23(35-19)24-6-8-25(31,14-24)9-7-24/h1-5,10-13H,6-9,14,31H2,(H2,30,33)(H,32,34,37). The molecule has 0 atom stereocenters. The molecule has 3 aromatic heterocycles. The zero-order valence-electron chi connectivity index (χ0n) is 19.7. The first kappa shape index (κ1) is 23.4. The molecule has 3 heterocycles. The number of amides is 1. The molecule has 0 unspecified atom stereocenters.